The first-order chi connectivity index (χ1) is 8.72. The lowest BCUT2D eigenvalue weighted by Gasteiger charge is -2.08. The van der Waals surface area contributed by atoms with Gasteiger partial charge in [-0.05, 0) is 30.2 Å². The molecule has 1 aromatic heterocycles. The van der Waals surface area contributed by atoms with E-state index in [0.29, 0.717) is 17.2 Å². The Balaban J connectivity index is 2.25. The lowest BCUT2D eigenvalue weighted by atomic mass is 10.1. The van der Waals surface area contributed by atoms with Gasteiger partial charge < -0.3 is 4.74 Å². The van der Waals surface area contributed by atoms with Gasteiger partial charge in [-0.15, -0.1) is 0 Å². The maximum Gasteiger partial charge on any atom is 0.219 e. The van der Waals surface area contributed by atoms with Gasteiger partial charge in [-0.1, -0.05) is 28.1 Å². The van der Waals surface area contributed by atoms with Crippen LogP contribution in [0, 0.1) is 18.3 Å². The van der Waals surface area contributed by atoms with Gasteiger partial charge in [0.05, 0.1) is 11.6 Å². The van der Waals surface area contributed by atoms with Crippen molar-refractivity contribution in [3.8, 4) is 17.7 Å². The maximum absolute atomic E-state index is 8.86. The van der Waals surface area contributed by atoms with E-state index in [2.05, 4.69) is 27.0 Å². The topological polar surface area (TPSA) is 45.9 Å². The molecule has 0 amide bonds. The Morgan fingerprint density at radius 3 is 2.78 bits per heavy atom. The maximum atomic E-state index is 8.86. The molecular weight excluding hydrogens is 292 g/mol. The number of benzene rings is 1. The minimum absolute atomic E-state index is 0.526. The van der Waals surface area contributed by atoms with Crippen LogP contribution in [0.4, 0.5) is 0 Å². The van der Waals surface area contributed by atoms with Crippen LogP contribution in [0.1, 0.15) is 16.7 Å². The molecule has 0 atom stereocenters. The first-order valence-corrected chi connectivity index (χ1v) is 6.54. The Morgan fingerprint density at radius 1 is 1.33 bits per heavy atom. The van der Waals surface area contributed by atoms with Crippen LogP contribution in [-0.2, 0) is 5.33 Å². The predicted molar refractivity (Wildman–Crippen MR) is 72.8 cm³/mol. The fourth-order valence-corrected chi connectivity index (χ4v) is 1.77. The van der Waals surface area contributed by atoms with Gasteiger partial charge in [0.1, 0.15) is 5.75 Å². The van der Waals surface area contributed by atoms with Crippen LogP contribution in [0.2, 0.25) is 0 Å². The highest BCUT2D eigenvalue weighted by atomic mass is 79.9. The molecule has 0 fully saturated rings. The molecule has 0 aliphatic heterocycles. The van der Waals surface area contributed by atoms with Crippen molar-refractivity contribution in [1.29, 1.82) is 5.26 Å². The van der Waals surface area contributed by atoms with Crippen molar-refractivity contribution in [3.05, 3.63) is 53.2 Å². The number of rotatable bonds is 3. The van der Waals surface area contributed by atoms with Crippen LogP contribution in [0.25, 0.3) is 0 Å². The third kappa shape index (κ3) is 2.88. The lowest BCUT2D eigenvalue weighted by Crippen LogP contribution is -1.91. The Bertz CT molecular complexity index is 588. The van der Waals surface area contributed by atoms with E-state index in [0.717, 1.165) is 16.5 Å². The van der Waals surface area contributed by atoms with Gasteiger partial charge in [-0.25, -0.2) is 4.98 Å². The first-order valence-electron chi connectivity index (χ1n) is 5.42. The van der Waals surface area contributed by atoms with E-state index in [9.17, 15) is 0 Å². The van der Waals surface area contributed by atoms with Crippen LogP contribution >= 0.6 is 15.9 Å². The fourth-order valence-electron chi connectivity index (χ4n) is 1.44. The quantitative estimate of drug-likeness (QED) is 0.807. The van der Waals surface area contributed by atoms with Gasteiger partial charge in [0.15, 0.2) is 0 Å². The molecule has 18 heavy (non-hydrogen) atoms. The highest BCUT2D eigenvalue weighted by molar-refractivity contribution is 9.08. The van der Waals surface area contributed by atoms with E-state index in [1.807, 2.05) is 25.1 Å². The van der Waals surface area contributed by atoms with Gasteiger partial charge in [0.25, 0.3) is 0 Å². The summed E-state index contributed by atoms with van der Waals surface area (Å²) in [5, 5.41) is 9.63. The molecule has 0 spiro atoms. The normalized spacial score (nSPS) is 9.83. The molecule has 0 aliphatic rings. The SMILES string of the molecule is Cc1ccc(C#N)cc1Oc1ccc(CBr)cn1. The summed E-state index contributed by atoms with van der Waals surface area (Å²) < 4.78 is 5.67. The molecule has 0 unspecified atom stereocenters. The van der Waals surface area contributed by atoms with Gasteiger partial charge in [-0.3, -0.25) is 0 Å². The molecular formula is C14H11BrN2O. The summed E-state index contributed by atoms with van der Waals surface area (Å²) in [4.78, 5) is 4.21. The minimum atomic E-state index is 0.526. The van der Waals surface area contributed by atoms with Crippen molar-refractivity contribution < 1.29 is 4.74 Å². The number of alkyl halides is 1. The van der Waals surface area contributed by atoms with Crippen molar-refractivity contribution in [3.63, 3.8) is 0 Å². The molecule has 1 heterocycles. The van der Waals surface area contributed by atoms with Crippen molar-refractivity contribution in [2.75, 3.05) is 0 Å². The Morgan fingerprint density at radius 2 is 2.17 bits per heavy atom. The summed E-state index contributed by atoms with van der Waals surface area (Å²) in [6, 6.07) is 11.2. The molecule has 2 aromatic rings. The molecule has 90 valence electrons. The molecule has 0 saturated heterocycles. The van der Waals surface area contributed by atoms with Crippen molar-refractivity contribution >= 4 is 15.9 Å². The number of ether oxygens (including phenoxy) is 1. The second-order valence-electron chi connectivity index (χ2n) is 3.83. The number of pyridine rings is 1. The summed E-state index contributed by atoms with van der Waals surface area (Å²) in [7, 11) is 0. The molecule has 0 N–H and O–H groups in total. The standard InChI is InChI=1S/C14H11BrN2O/c1-10-2-3-11(8-16)6-13(10)18-14-5-4-12(7-15)9-17-14/h2-6,9H,7H2,1H3. The number of aromatic nitrogens is 1. The molecule has 2 rings (SSSR count). The van der Waals surface area contributed by atoms with E-state index < -0.39 is 0 Å². The van der Waals surface area contributed by atoms with Crippen LogP contribution in [0.15, 0.2) is 36.5 Å². The van der Waals surface area contributed by atoms with Crippen LogP contribution in [0.5, 0.6) is 11.6 Å². The molecule has 0 radical (unpaired) electrons. The third-order valence-corrected chi connectivity index (χ3v) is 3.13. The monoisotopic (exact) mass is 302 g/mol. The van der Waals surface area contributed by atoms with E-state index in [1.54, 1.807) is 18.3 Å². The minimum Gasteiger partial charge on any atom is -0.439 e. The molecule has 0 aliphatic carbocycles. The lowest BCUT2D eigenvalue weighted by molar-refractivity contribution is 0.459. The van der Waals surface area contributed by atoms with E-state index in [1.165, 1.54) is 0 Å². The number of halogens is 1. The second-order valence-corrected chi connectivity index (χ2v) is 4.39. The summed E-state index contributed by atoms with van der Waals surface area (Å²) >= 11 is 3.36. The zero-order valence-electron chi connectivity index (χ0n) is 9.85. The molecule has 1 aromatic carbocycles. The summed E-state index contributed by atoms with van der Waals surface area (Å²) in [5.74, 6) is 1.19. The van der Waals surface area contributed by atoms with Gasteiger partial charge in [0.2, 0.25) is 5.88 Å². The highest BCUT2D eigenvalue weighted by Crippen LogP contribution is 2.24. The van der Waals surface area contributed by atoms with Gasteiger partial charge in [-0.2, -0.15) is 5.26 Å². The van der Waals surface area contributed by atoms with Crippen molar-refractivity contribution in [2.24, 2.45) is 0 Å². The Labute approximate surface area is 114 Å². The Kier molecular flexibility index (Phi) is 3.96. The van der Waals surface area contributed by atoms with Crippen LogP contribution < -0.4 is 4.74 Å². The number of hydrogen-bond acceptors (Lipinski definition) is 3. The van der Waals surface area contributed by atoms with Gasteiger partial charge in [0, 0.05) is 17.6 Å². The first kappa shape index (κ1) is 12.6. The van der Waals surface area contributed by atoms with Gasteiger partial charge >= 0.3 is 0 Å². The zero-order valence-corrected chi connectivity index (χ0v) is 11.4. The highest BCUT2D eigenvalue weighted by Gasteiger charge is 2.04. The molecule has 4 heteroatoms. The zero-order chi connectivity index (χ0) is 13.0. The summed E-state index contributed by atoms with van der Waals surface area (Å²) in [6.45, 7) is 1.93. The smallest absolute Gasteiger partial charge is 0.219 e. The van der Waals surface area contributed by atoms with Crippen molar-refractivity contribution in [2.45, 2.75) is 12.3 Å². The summed E-state index contributed by atoms with van der Waals surface area (Å²) in [5.41, 5.74) is 2.64. The van der Waals surface area contributed by atoms with E-state index in [-0.39, 0.29) is 0 Å². The number of nitrogens with zero attached hydrogens (tertiary/aromatic N) is 2. The average Bonchev–Trinajstić information content (AvgIpc) is 2.42. The molecule has 0 saturated carbocycles. The Hall–Kier alpha value is -1.86. The van der Waals surface area contributed by atoms with E-state index in [4.69, 9.17) is 10.00 Å². The van der Waals surface area contributed by atoms with Crippen molar-refractivity contribution in [1.82, 2.24) is 4.98 Å². The fraction of sp³-hybridized carbons (Fsp3) is 0.143. The summed E-state index contributed by atoms with van der Waals surface area (Å²) in [6.07, 6.45) is 1.76. The molecule has 0 bridgehead atoms. The average molecular weight is 303 g/mol. The number of aryl methyl sites for hydroxylation is 1. The molecule has 3 nitrogen and oxygen atoms in total. The van der Waals surface area contributed by atoms with Crippen LogP contribution in [-0.4, -0.2) is 4.98 Å². The van der Waals surface area contributed by atoms with E-state index >= 15 is 0 Å². The largest absolute Gasteiger partial charge is 0.439 e. The second kappa shape index (κ2) is 5.65. The number of nitriles is 1. The number of hydrogen-bond donors (Lipinski definition) is 0. The van der Waals surface area contributed by atoms with Crippen LogP contribution in [0.3, 0.4) is 0 Å². The predicted octanol–water partition coefficient (Wildman–Crippen LogP) is 3.95. The third-order valence-electron chi connectivity index (χ3n) is 2.48.